The van der Waals surface area contributed by atoms with E-state index in [0.29, 0.717) is 0 Å². The third kappa shape index (κ3) is 0.886. The molecule has 2 heterocycles. The Kier molecular flexibility index (Phi) is 1.32. The van der Waals surface area contributed by atoms with Crippen LogP contribution in [0.15, 0.2) is 24.4 Å². The van der Waals surface area contributed by atoms with E-state index < -0.39 is 0 Å². The summed E-state index contributed by atoms with van der Waals surface area (Å²) in [5.74, 6) is 0.102. The van der Waals surface area contributed by atoms with Crippen molar-refractivity contribution < 1.29 is 4.79 Å². The monoisotopic (exact) mass is 165 g/mol. The zero-order valence-corrected chi connectivity index (χ0v) is 6.89. The van der Waals surface area contributed by atoms with Crippen LogP contribution in [0.4, 0.5) is 0 Å². The van der Waals surface area contributed by atoms with E-state index in [0.717, 1.165) is 9.85 Å². The van der Waals surface area contributed by atoms with Gasteiger partial charge in [0, 0.05) is 6.20 Å². The lowest BCUT2D eigenvalue weighted by Crippen LogP contribution is -2.30. The van der Waals surface area contributed by atoms with Crippen LogP contribution in [0.2, 0.25) is 0 Å². The maximum Gasteiger partial charge on any atom is 0.268 e. The lowest BCUT2D eigenvalue weighted by molar-refractivity contribution is -0.118. The molecule has 0 saturated heterocycles. The highest BCUT2D eigenvalue weighted by Crippen LogP contribution is 2.11. The summed E-state index contributed by atoms with van der Waals surface area (Å²) < 4.78 is 0. The fourth-order valence-corrected chi connectivity index (χ4v) is 1.94. The minimum atomic E-state index is 0.102. The molecule has 0 saturated carbocycles. The van der Waals surface area contributed by atoms with Crippen LogP contribution in [0.3, 0.4) is 0 Å². The van der Waals surface area contributed by atoms with Gasteiger partial charge in [0.25, 0.3) is 5.91 Å². The first-order valence-corrected chi connectivity index (χ1v) is 4.17. The molecule has 0 unspecified atom stereocenters. The fraction of sp³-hybridized carbons (Fsp3) is 0.125. The van der Waals surface area contributed by atoms with Gasteiger partial charge in [0.1, 0.15) is 4.99 Å². The molecule has 2 aliphatic heterocycles. The minimum absolute atomic E-state index is 0.102. The predicted molar refractivity (Wildman–Crippen MR) is 48.4 cm³/mol. The van der Waals surface area contributed by atoms with Gasteiger partial charge in [-0.15, -0.1) is 10.9 Å². The zero-order valence-electron chi connectivity index (χ0n) is 6.07. The van der Waals surface area contributed by atoms with Crippen molar-refractivity contribution in [1.82, 2.24) is 4.90 Å². The highest BCUT2D eigenvalue weighted by Gasteiger charge is 2.22. The summed E-state index contributed by atoms with van der Waals surface area (Å²) in [6, 6.07) is 0. The number of hydrogen-bond acceptors (Lipinski definition) is 1. The van der Waals surface area contributed by atoms with Gasteiger partial charge < -0.3 is 0 Å². The number of hydrogen-bond donors (Lipinski definition) is 0. The Labute approximate surface area is 68.4 Å². The van der Waals surface area contributed by atoms with Gasteiger partial charge in [-0.05, 0) is 19.1 Å². The molecule has 3 heteroatoms. The van der Waals surface area contributed by atoms with Crippen LogP contribution in [0.25, 0.3) is 0 Å². The molecular weight excluding hydrogens is 158 g/mol. The van der Waals surface area contributed by atoms with Crippen molar-refractivity contribution >= 4 is 26.7 Å². The summed E-state index contributed by atoms with van der Waals surface area (Å²) in [5, 5.41) is 0. The first-order valence-electron chi connectivity index (χ1n) is 3.36. The zero-order chi connectivity index (χ0) is 7.84. The van der Waals surface area contributed by atoms with E-state index >= 15 is 0 Å². The standard InChI is InChI=1S/C8H7NOS/c1-6-8(10)9-5-3-2-4-7(9)11-6/h2-5H,1H3. The Hall–Kier alpha value is -1.09. The molecule has 0 fully saturated rings. The van der Waals surface area contributed by atoms with Gasteiger partial charge in [-0.1, -0.05) is 6.08 Å². The first kappa shape index (κ1) is 6.61. The third-order valence-corrected chi connectivity index (χ3v) is 2.62. The lowest BCUT2D eigenvalue weighted by atomic mass is 10.3. The highest BCUT2D eigenvalue weighted by atomic mass is 32.1. The second-order valence-corrected chi connectivity index (χ2v) is 3.61. The Morgan fingerprint density at radius 1 is 1.45 bits per heavy atom. The van der Waals surface area contributed by atoms with E-state index in [2.05, 4.69) is 0 Å². The number of carbonyl (C=O) groups excluding carboxylic acids is 1. The maximum absolute atomic E-state index is 11.3. The molecule has 2 rings (SSSR count). The Bertz CT molecular complexity index is 345. The average Bonchev–Trinajstić information content (AvgIpc) is 2.30. The van der Waals surface area contributed by atoms with Gasteiger partial charge >= 0.3 is 0 Å². The van der Waals surface area contributed by atoms with Crippen LogP contribution in [0, 0.1) is 0 Å². The number of fused-ring (bicyclic) bond motifs is 1. The predicted octanol–water partition coefficient (Wildman–Crippen LogP) is 0.968. The van der Waals surface area contributed by atoms with Gasteiger partial charge in [0.15, 0.2) is 0 Å². The molecule has 0 atom stereocenters. The van der Waals surface area contributed by atoms with Crippen LogP contribution >= 0.6 is 10.9 Å². The van der Waals surface area contributed by atoms with Gasteiger partial charge in [-0.3, -0.25) is 9.69 Å². The molecule has 11 heavy (non-hydrogen) atoms. The quantitative estimate of drug-likeness (QED) is 0.490. The summed E-state index contributed by atoms with van der Waals surface area (Å²) in [7, 11) is 1.53. The third-order valence-electron chi connectivity index (χ3n) is 1.60. The van der Waals surface area contributed by atoms with Gasteiger partial charge in [-0.2, -0.15) is 0 Å². The molecule has 1 amide bonds. The Morgan fingerprint density at radius 3 is 3.00 bits per heavy atom. The Balaban J connectivity index is 2.51. The van der Waals surface area contributed by atoms with Crippen molar-refractivity contribution in [3.8, 4) is 0 Å². The van der Waals surface area contributed by atoms with Crippen molar-refractivity contribution in [1.29, 1.82) is 0 Å². The summed E-state index contributed by atoms with van der Waals surface area (Å²) in [6.07, 6.45) is 7.53. The number of carbonyl (C=O) groups is 1. The van der Waals surface area contributed by atoms with E-state index in [9.17, 15) is 4.79 Å². The fourth-order valence-electron chi connectivity index (χ4n) is 1.05. The van der Waals surface area contributed by atoms with Crippen LogP contribution in [0.1, 0.15) is 6.92 Å². The maximum atomic E-state index is 11.3. The molecule has 56 valence electrons. The van der Waals surface area contributed by atoms with Gasteiger partial charge in [0.05, 0.1) is 4.86 Å². The molecule has 0 aromatic heterocycles. The number of rotatable bonds is 0. The van der Waals surface area contributed by atoms with Gasteiger partial charge in [-0.25, -0.2) is 0 Å². The van der Waals surface area contributed by atoms with Crippen LogP contribution in [0.5, 0.6) is 0 Å². The molecule has 0 bridgehead atoms. The number of amides is 1. The van der Waals surface area contributed by atoms with E-state index in [4.69, 9.17) is 0 Å². The number of allylic oxidation sites excluding steroid dienone is 2. The van der Waals surface area contributed by atoms with Gasteiger partial charge in [0.2, 0.25) is 0 Å². The molecule has 0 aromatic carbocycles. The van der Waals surface area contributed by atoms with Crippen LogP contribution in [-0.4, -0.2) is 20.7 Å². The highest BCUT2D eigenvalue weighted by molar-refractivity contribution is 8.00. The van der Waals surface area contributed by atoms with Crippen molar-refractivity contribution in [3.63, 3.8) is 0 Å². The summed E-state index contributed by atoms with van der Waals surface area (Å²) >= 11 is 0. The number of nitrogens with zero attached hydrogens (tertiary/aromatic N) is 1. The van der Waals surface area contributed by atoms with E-state index in [1.54, 1.807) is 11.1 Å². The second kappa shape index (κ2) is 2.20. The largest absolute Gasteiger partial charge is 0.274 e. The minimum Gasteiger partial charge on any atom is -0.274 e. The molecule has 0 aliphatic carbocycles. The Morgan fingerprint density at radius 2 is 2.27 bits per heavy atom. The summed E-state index contributed by atoms with van der Waals surface area (Å²) in [4.78, 5) is 14.8. The molecule has 0 aromatic rings. The molecule has 2 aliphatic rings. The molecule has 0 N–H and O–H groups in total. The summed E-state index contributed by atoms with van der Waals surface area (Å²) in [5.41, 5.74) is 0. The smallest absolute Gasteiger partial charge is 0.268 e. The molecule has 2 nitrogen and oxygen atoms in total. The van der Waals surface area contributed by atoms with Crippen molar-refractivity contribution in [2.45, 2.75) is 6.92 Å². The average molecular weight is 165 g/mol. The van der Waals surface area contributed by atoms with Crippen molar-refractivity contribution in [3.05, 3.63) is 24.4 Å². The van der Waals surface area contributed by atoms with E-state index in [1.807, 2.05) is 25.2 Å². The van der Waals surface area contributed by atoms with E-state index in [1.165, 1.54) is 10.9 Å². The van der Waals surface area contributed by atoms with Crippen LogP contribution < -0.4 is 0 Å². The SMILES string of the molecule is CC1=S=C2C=CC=CN2C1=O. The van der Waals surface area contributed by atoms with E-state index in [-0.39, 0.29) is 5.91 Å². The summed E-state index contributed by atoms with van der Waals surface area (Å²) in [6.45, 7) is 1.85. The van der Waals surface area contributed by atoms with Crippen molar-refractivity contribution in [2.75, 3.05) is 0 Å². The van der Waals surface area contributed by atoms with Crippen LogP contribution in [-0.2, 0) is 4.79 Å². The topological polar surface area (TPSA) is 20.3 Å². The van der Waals surface area contributed by atoms with Crippen molar-refractivity contribution in [2.24, 2.45) is 0 Å². The molecule has 0 spiro atoms. The molecular formula is C8H7NOS. The normalized spacial score (nSPS) is 20.8. The first-order chi connectivity index (χ1) is 5.29. The second-order valence-electron chi connectivity index (χ2n) is 2.37. The molecule has 0 radical (unpaired) electrons. The lowest BCUT2D eigenvalue weighted by Gasteiger charge is -2.14.